The molecule has 0 N–H and O–H groups in total. The molecule has 3 heteroatoms. The molecule has 0 atom stereocenters. The second kappa shape index (κ2) is 4.45. The minimum absolute atomic E-state index is 0.299. The Bertz CT molecular complexity index is 661. The van der Waals surface area contributed by atoms with Gasteiger partial charge in [-0.1, -0.05) is 36.4 Å². The summed E-state index contributed by atoms with van der Waals surface area (Å²) in [7, 11) is 0. The summed E-state index contributed by atoms with van der Waals surface area (Å²) in [5, 5.41) is 0. The van der Waals surface area contributed by atoms with Gasteiger partial charge in [0.2, 0.25) is 5.89 Å². The molecule has 0 aliphatic carbocycles. The predicted octanol–water partition coefficient (Wildman–Crippen LogP) is 4.15. The zero-order valence-corrected chi connectivity index (χ0v) is 9.51. The highest BCUT2D eigenvalue weighted by Crippen LogP contribution is 2.24. The minimum atomic E-state index is -0.299. The van der Waals surface area contributed by atoms with Gasteiger partial charge in [0.15, 0.2) is 0 Å². The third-order valence-electron chi connectivity index (χ3n) is 2.65. The highest BCUT2D eigenvalue weighted by molar-refractivity contribution is 5.62. The molecule has 3 aromatic rings. The van der Waals surface area contributed by atoms with Gasteiger partial charge >= 0.3 is 0 Å². The van der Waals surface area contributed by atoms with Crippen LogP contribution >= 0.6 is 0 Å². The van der Waals surface area contributed by atoms with Crippen molar-refractivity contribution in [1.29, 1.82) is 0 Å². The maximum Gasteiger partial charge on any atom is 0.226 e. The molecule has 0 unspecified atom stereocenters. The summed E-state index contributed by atoms with van der Waals surface area (Å²) < 4.78 is 18.5. The van der Waals surface area contributed by atoms with Crippen LogP contribution in [0, 0.1) is 5.82 Å². The first-order valence-electron chi connectivity index (χ1n) is 5.60. The summed E-state index contributed by atoms with van der Waals surface area (Å²) in [6.07, 6.45) is 1.58. The highest BCUT2D eigenvalue weighted by Gasteiger charge is 2.08. The molecular formula is C15H10FNO. The minimum Gasteiger partial charge on any atom is -0.444 e. The Labute approximate surface area is 104 Å². The van der Waals surface area contributed by atoms with E-state index in [-0.39, 0.29) is 5.82 Å². The fourth-order valence-electron chi connectivity index (χ4n) is 1.77. The Morgan fingerprint density at radius 3 is 2.44 bits per heavy atom. The molecule has 1 heterocycles. The zero-order valence-electron chi connectivity index (χ0n) is 9.51. The fourth-order valence-corrected chi connectivity index (χ4v) is 1.77. The van der Waals surface area contributed by atoms with Gasteiger partial charge in [-0.25, -0.2) is 9.37 Å². The van der Waals surface area contributed by atoms with E-state index in [1.807, 2.05) is 30.3 Å². The quantitative estimate of drug-likeness (QED) is 0.671. The molecule has 2 aromatic carbocycles. The molecule has 0 spiro atoms. The fraction of sp³-hybridized carbons (Fsp3) is 0. The van der Waals surface area contributed by atoms with Gasteiger partial charge in [-0.3, -0.25) is 0 Å². The molecule has 0 bridgehead atoms. The molecule has 0 aliphatic heterocycles. The summed E-state index contributed by atoms with van der Waals surface area (Å²) >= 11 is 0. The van der Waals surface area contributed by atoms with Crippen LogP contribution in [-0.4, -0.2) is 4.98 Å². The van der Waals surface area contributed by atoms with Crippen LogP contribution in [0.5, 0.6) is 0 Å². The monoisotopic (exact) mass is 239 g/mol. The summed E-state index contributed by atoms with van der Waals surface area (Å²) in [5.74, 6) is 0.125. The van der Waals surface area contributed by atoms with Gasteiger partial charge in [0.25, 0.3) is 0 Å². The summed E-state index contributed by atoms with van der Waals surface area (Å²) in [5.41, 5.74) is 2.36. The molecule has 0 saturated carbocycles. The van der Waals surface area contributed by atoms with Crippen LogP contribution < -0.4 is 0 Å². The Morgan fingerprint density at radius 2 is 1.67 bits per heavy atom. The van der Waals surface area contributed by atoms with Crippen LogP contribution in [0.15, 0.2) is 65.3 Å². The number of rotatable bonds is 2. The average molecular weight is 239 g/mol. The van der Waals surface area contributed by atoms with Crippen LogP contribution in [0.25, 0.3) is 22.7 Å². The normalized spacial score (nSPS) is 10.5. The lowest BCUT2D eigenvalue weighted by Crippen LogP contribution is -1.81. The molecular weight excluding hydrogens is 229 g/mol. The summed E-state index contributed by atoms with van der Waals surface area (Å²) in [6, 6.07) is 15.9. The van der Waals surface area contributed by atoms with E-state index in [0.717, 1.165) is 11.3 Å². The Hall–Kier alpha value is -2.42. The van der Waals surface area contributed by atoms with E-state index in [2.05, 4.69) is 4.98 Å². The van der Waals surface area contributed by atoms with Gasteiger partial charge in [-0.05, 0) is 18.2 Å². The first-order chi connectivity index (χ1) is 8.83. The van der Waals surface area contributed by atoms with Gasteiger partial charge in [-0.15, -0.1) is 0 Å². The predicted molar refractivity (Wildman–Crippen MR) is 67.3 cm³/mol. The van der Waals surface area contributed by atoms with E-state index in [1.165, 1.54) is 12.1 Å². The van der Waals surface area contributed by atoms with Crippen LogP contribution in [0.4, 0.5) is 4.39 Å². The van der Waals surface area contributed by atoms with Crippen molar-refractivity contribution in [2.24, 2.45) is 0 Å². The number of halogens is 1. The van der Waals surface area contributed by atoms with Crippen LogP contribution in [0.3, 0.4) is 0 Å². The highest BCUT2D eigenvalue weighted by atomic mass is 19.1. The van der Waals surface area contributed by atoms with Gasteiger partial charge in [0, 0.05) is 11.1 Å². The number of aromatic nitrogens is 1. The second-order valence-electron chi connectivity index (χ2n) is 3.91. The van der Waals surface area contributed by atoms with Gasteiger partial charge in [-0.2, -0.15) is 0 Å². The average Bonchev–Trinajstić information content (AvgIpc) is 2.89. The first kappa shape index (κ1) is 10.7. The van der Waals surface area contributed by atoms with E-state index in [1.54, 1.807) is 18.4 Å². The maximum absolute atomic E-state index is 13.1. The Balaban J connectivity index is 2.00. The van der Waals surface area contributed by atoms with Crippen molar-refractivity contribution in [2.45, 2.75) is 0 Å². The molecule has 0 aliphatic rings. The molecule has 0 radical (unpaired) electrons. The lowest BCUT2D eigenvalue weighted by atomic mass is 10.2. The molecule has 0 fully saturated rings. The lowest BCUT2D eigenvalue weighted by molar-refractivity contribution is 0.573. The SMILES string of the molecule is Fc1cccc(-c2nc(-c3ccccc3)co2)c1. The molecule has 1 aromatic heterocycles. The first-order valence-corrected chi connectivity index (χ1v) is 5.60. The second-order valence-corrected chi connectivity index (χ2v) is 3.91. The van der Waals surface area contributed by atoms with Crippen molar-refractivity contribution in [1.82, 2.24) is 4.98 Å². The Morgan fingerprint density at radius 1 is 0.889 bits per heavy atom. The number of hydrogen-bond donors (Lipinski definition) is 0. The van der Waals surface area contributed by atoms with Crippen LogP contribution in [-0.2, 0) is 0 Å². The molecule has 18 heavy (non-hydrogen) atoms. The van der Waals surface area contributed by atoms with Crippen molar-refractivity contribution < 1.29 is 8.81 Å². The molecule has 3 rings (SSSR count). The smallest absolute Gasteiger partial charge is 0.226 e. The van der Waals surface area contributed by atoms with Crippen molar-refractivity contribution in [3.8, 4) is 22.7 Å². The third kappa shape index (κ3) is 2.02. The third-order valence-corrected chi connectivity index (χ3v) is 2.65. The van der Waals surface area contributed by atoms with E-state index < -0.39 is 0 Å². The number of benzene rings is 2. The van der Waals surface area contributed by atoms with Crippen molar-refractivity contribution >= 4 is 0 Å². The summed E-state index contributed by atoms with van der Waals surface area (Å²) in [6.45, 7) is 0. The van der Waals surface area contributed by atoms with E-state index in [4.69, 9.17) is 4.42 Å². The molecule has 88 valence electrons. The molecule has 0 amide bonds. The Kier molecular flexibility index (Phi) is 2.65. The van der Waals surface area contributed by atoms with Crippen molar-refractivity contribution in [3.05, 3.63) is 66.7 Å². The zero-order chi connectivity index (χ0) is 12.4. The lowest BCUT2D eigenvalue weighted by Gasteiger charge is -1.95. The van der Waals surface area contributed by atoms with Gasteiger partial charge in [0.1, 0.15) is 17.8 Å². The molecule has 2 nitrogen and oxygen atoms in total. The molecule has 0 saturated heterocycles. The van der Waals surface area contributed by atoms with E-state index in [0.29, 0.717) is 11.5 Å². The van der Waals surface area contributed by atoms with E-state index >= 15 is 0 Å². The van der Waals surface area contributed by atoms with E-state index in [9.17, 15) is 4.39 Å². The number of nitrogens with zero attached hydrogens (tertiary/aromatic N) is 1. The standard InChI is InChI=1S/C15H10FNO/c16-13-8-4-7-12(9-13)15-17-14(10-18-15)11-5-2-1-3-6-11/h1-10H. The number of oxazole rings is 1. The largest absolute Gasteiger partial charge is 0.444 e. The topological polar surface area (TPSA) is 26.0 Å². The maximum atomic E-state index is 13.1. The van der Waals surface area contributed by atoms with Crippen LogP contribution in [0.2, 0.25) is 0 Å². The van der Waals surface area contributed by atoms with Gasteiger partial charge in [0.05, 0.1) is 0 Å². The van der Waals surface area contributed by atoms with Gasteiger partial charge < -0.3 is 4.42 Å². The number of hydrogen-bond acceptors (Lipinski definition) is 2. The van der Waals surface area contributed by atoms with Crippen LogP contribution in [0.1, 0.15) is 0 Å². The van der Waals surface area contributed by atoms with Crippen molar-refractivity contribution in [3.63, 3.8) is 0 Å². The summed E-state index contributed by atoms with van der Waals surface area (Å²) in [4.78, 5) is 4.36. The van der Waals surface area contributed by atoms with Crippen molar-refractivity contribution in [2.75, 3.05) is 0 Å².